The van der Waals surface area contributed by atoms with E-state index in [1.807, 2.05) is 22.6 Å². The Morgan fingerprint density at radius 2 is 2.14 bits per heavy atom. The largest absolute Gasteiger partial charge is 0.313 e. The van der Waals surface area contributed by atoms with Crippen molar-refractivity contribution in [2.24, 2.45) is 0 Å². The van der Waals surface area contributed by atoms with Gasteiger partial charge in [0.05, 0.1) is 6.20 Å². The average molecular weight is 368 g/mol. The van der Waals surface area contributed by atoms with Crippen molar-refractivity contribution in [2.75, 3.05) is 12.3 Å². The molecular formula is C16H22BrN3S. The lowest BCUT2D eigenvalue weighted by atomic mass is 10.1. The van der Waals surface area contributed by atoms with E-state index in [1.54, 1.807) is 0 Å². The van der Waals surface area contributed by atoms with Crippen LogP contribution in [0.4, 0.5) is 0 Å². The Hall–Kier alpha value is -0.780. The lowest BCUT2D eigenvalue weighted by Gasteiger charge is -2.17. The second kappa shape index (κ2) is 8.61. The van der Waals surface area contributed by atoms with Gasteiger partial charge in [0.1, 0.15) is 0 Å². The van der Waals surface area contributed by atoms with Crippen molar-refractivity contribution in [3.63, 3.8) is 0 Å². The second-order valence-electron chi connectivity index (χ2n) is 4.90. The van der Waals surface area contributed by atoms with Crippen molar-refractivity contribution < 1.29 is 0 Å². The van der Waals surface area contributed by atoms with Gasteiger partial charge in [-0.25, -0.2) is 0 Å². The van der Waals surface area contributed by atoms with Gasteiger partial charge in [0.25, 0.3) is 0 Å². The molecule has 0 spiro atoms. The molecule has 5 heteroatoms. The number of likely N-dealkylation sites (N-methyl/N-ethyl adjacent to an activating group) is 1. The fraction of sp³-hybridized carbons (Fsp3) is 0.438. The predicted octanol–water partition coefficient (Wildman–Crippen LogP) is 3.98. The standard InChI is InChI=1S/C16H22BrN3S/c1-3-18-14(9-13-10-19-20(4-2)11-13)12-21-16-8-6-5-7-15(16)17/h5-8,10-11,14,18H,3-4,9,12H2,1-2H3. The maximum Gasteiger partial charge on any atom is 0.0522 e. The van der Waals surface area contributed by atoms with Gasteiger partial charge in [-0.15, -0.1) is 11.8 Å². The Morgan fingerprint density at radius 3 is 2.81 bits per heavy atom. The van der Waals surface area contributed by atoms with Gasteiger partial charge >= 0.3 is 0 Å². The molecule has 0 aliphatic rings. The molecule has 0 saturated carbocycles. The summed E-state index contributed by atoms with van der Waals surface area (Å²) >= 11 is 5.50. The lowest BCUT2D eigenvalue weighted by Crippen LogP contribution is -2.33. The first-order chi connectivity index (χ1) is 10.2. The highest BCUT2D eigenvalue weighted by Gasteiger charge is 2.11. The van der Waals surface area contributed by atoms with E-state index < -0.39 is 0 Å². The summed E-state index contributed by atoms with van der Waals surface area (Å²) in [5.74, 6) is 1.05. The minimum absolute atomic E-state index is 0.460. The van der Waals surface area contributed by atoms with Gasteiger partial charge in [0.15, 0.2) is 0 Å². The summed E-state index contributed by atoms with van der Waals surface area (Å²) in [6.07, 6.45) is 5.15. The molecule has 0 saturated heterocycles. The number of halogens is 1. The van der Waals surface area contributed by atoms with Gasteiger partial charge in [-0.2, -0.15) is 5.10 Å². The van der Waals surface area contributed by atoms with Crippen LogP contribution >= 0.6 is 27.7 Å². The van der Waals surface area contributed by atoms with Gasteiger partial charge in [0.2, 0.25) is 0 Å². The quantitative estimate of drug-likeness (QED) is 0.715. The van der Waals surface area contributed by atoms with Crippen LogP contribution in [-0.4, -0.2) is 28.1 Å². The Balaban J connectivity index is 1.94. The van der Waals surface area contributed by atoms with Crippen molar-refractivity contribution >= 4 is 27.7 Å². The molecule has 1 N–H and O–H groups in total. The first kappa shape index (κ1) is 16.6. The van der Waals surface area contributed by atoms with Crippen molar-refractivity contribution in [3.05, 3.63) is 46.7 Å². The molecule has 21 heavy (non-hydrogen) atoms. The molecule has 0 fully saturated rings. The van der Waals surface area contributed by atoms with Crippen molar-refractivity contribution in [3.8, 4) is 0 Å². The SMILES string of the molecule is CCNC(CSc1ccccc1Br)Cc1cnn(CC)c1. The number of aromatic nitrogens is 2. The number of rotatable bonds is 8. The summed E-state index contributed by atoms with van der Waals surface area (Å²) in [5, 5.41) is 7.93. The lowest BCUT2D eigenvalue weighted by molar-refractivity contribution is 0.572. The number of benzene rings is 1. The van der Waals surface area contributed by atoms with Crippen LogP contribution < -0.4 is 5.32 Å². The van der Waals surface area contributed by atoms with Crippen LogP contribution in [-0.2, 0) is 13.0 Å². The molecule has 0 amide bonds. The number of nitrogens with zero attached hydrogens (tertiary/aromatic N) is 2. The van der Waals surface area contributed by atoms with Crippen LogP contribution in [0.1, 0.15) is 19.4 Å². The molecule has 1 aromatic carbocycles. The molecule has 2 rings (SSSR count). The fourth-order valence-corrected chi connectivity index (χ4v) is 3.83. The van der Waals surface area contributed by atoms with Gasteiger partial charge in [0, 0.05) is 33.9 Å². The first-order valence-electron chi connectivity index (χ1n) is 7.35. The molecule has 114 valence electrons. The second-order valence-corrected chi connectivity index (χ2v) is 6.82. The number of thioether (sulfide) groups is 1. The van der Waals surface area contributed by atoms with E-state index in [1.165, 1.54) is 14.9 Å². The first-order valence-corrected chi connectivity index (χ1v) is 9.12. The predicted molar refractivity (Wildman–Crippen MR) is 93.9 cm³/mol. The zero-order valence-corrected chi connectivity index (χ0v) is 15.0. The molecule has 2 aromatic rings. The summed E-state index contributed by atoms with van der Waals surface area (Å²) in [7, 11) is 0. The Morgan fingerprint density at radius 1 is 1.33 bits per heavy atom. The highest BCUT2D eigenvalue weighted by atomic mass is 79.9. The van der Waals surface area contributed by atoms with Gasteiger partial charge in [-0.05, 0) is 53.5 Å². The number of nitrogens with one attached hydrogen (secondary N) is 1. The van der Waals surface area contributed by atoms with Crippen molar-refractivity contribution in [1.29, 1.82) is 0 Å². The van der Waals surface area contributed by atoms with E-state index in [-0.39, 0.29) is 0 Å². The molecule has 0 radical (unpaired) electrons. The van der Waals surface area contributed by atoms with Crippen LogP contribution in [0.15, 0.2) is 46.0 Å². The highest BCUT2D eigenvalue weighted by Crippen LogP contribution is 2.27. The van der Waals surface area contributed by atoms with Gasteiger partial charge in [-0.3, -0.25) is 4.68 Å². The Bertz CT molecular complexity index is 556. The zero-order chi connectivity index (χ0) is 15.1. The topological polar surface area (TPSA) is 29.9 Å². The molecule has 1 unspecified atom stereocenters. The molecule has 3 nitrogen and oxygen atoms in total. The van der Waals surface area contributed by atoms with Crippen LogP contribution in [0.5, 0.6) is 0 Å². The maximum atomic E-state index is 4.35. The van der Waals surface area contributed by atoms with Crippen LogP contribution in [0.25, 0.3) is 0 Å². The maximum absolute atomic E-state index is 4.35. The third kappa shape index (κ3) is 5.16. The normalized spacial score (nSPS) is 12.5. The third-order valence-corrected chi connectivity index (χ3v) is 5.45. The summed E-state index contributed by atoms with van der Waals surface area (Å²) in [6, 6.07) is 8.85. The minimum Gasteiger partial charge on any atom is -0.313 e. The van der Waals surface area contributed by atoms with Crippen molar-refractivity contribution in [2.45, 2.75) is 37.8 Å². The monoisotopic (exact) mass is 367 g/mol. The average Bonchev–Trinajstić information content (AvgIpc) is 2.94. The Labute approximate surface area is 139 Å². The van der Waals surface area contributed by atoms with Crippen molar-refractivity contribution in [1.82, 2.24) is 15.1 Å². The van der Waals surface area contributed by atoms with E-state index in [0.29, 0.717) is 6.04 Å². The van der Waals surface area contributed by atoms with E-state index >= 15 is 0 Å². The minimum atomic E-state index is 0.460. The summed E-state index contributed by atoms with van der Waals surface area (Å²) in [4.78, 5) is 1.30. The van der Waals surface area contributed by atoms with Gasteiger partial charge in [-0.1, -0.05) is 19.1 Å². The van der Waals surface area contributed by atoms with E-state index in [9.17, 15) is 0 Å². The van der Waals surface area contributed by atoms with Gasteiger partial charge < -0.3 is 5.32 Å². The number of hydrogen-bond acceptors (Lipinski definition) is 3. The smallest absolute Gasteiger partial charge is 0.0522 e. The van der Waals surface area contributed by atoms with Crippen LogP contribution in [0.2, 0.25) is 0 Å². The summed E-state index contributed by atoms with van der Waals surface area (Å²) < 4.78 is 3.16. The molecule has 1 atom stereocenters. The van der Waals surface area contributed by atoms with Crippen LogP contribution in [0.3, 0.4) is 0 Å². The van der Waals surface area contributed by atoms with E-state index in [2.05, 4.69) is 70.7 Å². The summed E-state index contributed by atoms with van der Waals surface area (Å²) in [6.45, 7) is 6.19. The van der Waals surface area contributed by atoms with E-state index in [0.717, 1.165) is 25.3 Å². The number of hydrogen-bond donors (Lipinski definition) is 1. The zero-order valence-electron chi connectivity index (χ0n) is 12.6. The Kier molecular flexibility index (Phi) is 6.80. The summed E-state index contributed by atoms with van der Waals surface area (Å²) in [5.41, 5.74) is 1.30. The molecule has 0 bridgehead atoms. The number of aryl methyl sites for hydroxylation is 1. The van der Waals surface area contributed by atoms with Crippen LogP contribution in [0, 0.1) is 0 Å². The highest BCUT2D eigenvalue weighted by molar-refractivity contribution is 9.10. The molecular weight excluding hydrogens is 346 g/mol. The third-order valence-electron chi connectivity index (χ3n) is 3.26. The van der Waals surface area contributed by atoms with E-state index in [4.69, 9.17) is 0 Å². The fourth-order valence-electron chi connectivity index (χ4n) is 2.20. The molecule has 0 aliphatic heterocycles. The molecule has 1 aromatic heterocycles. The molecule has 1 heterocycles. The molecule has 0 aliphatic carbocycles.